The van der Waals surface area contributed by atoms with Crippen LogP contribution in [-0.2, 0) is 0 Å². The summed E-state index contributed by atoms with van der Waals surface area (Å²) >= 11 is 6.99. The molecule has 0 bridgehead atoms. The summed E-state index contributed by atoms with van der Waals surface area (Å²) in [6.07, 6.45) is 0. The van der Waals surface area contributed by atoms with Gasteiger partial charge in [0.25, 0.3) is 0 Å². The SMILES string of the molecule is Brc1ccccc1-c1ccccc1.Oc1ccccc1-c1ccccc1Br. The van der Waals surface area contributed by atoms with E-state index in [4.69, 9.17) is 0 Å². The zero-order valence-corrected chi connectivity index (χ0v) is 17.7. The number of rotatable bonds is 2. The van der Waals surface area contributed by atoms with Gasteiger partial charge < -0.3 is 5.11 Å². The zero-order valence-electron chi connectivity index (χ0n) is 14.5. The van der Waals surface area contributed by atoms with E-state index in [-0.39, 0.29) is 0 Å². The molecule has 4 aromatic carbocycles. The second-order valence-electron chi connectivity index (χ2n) is 5.84. The second kappa shape index (κ2) is 9.54. The zero-order chi connectivity index (χ0) is 19.1. The molecule has 0 unspecified atom stereocenters. The summed E-state index contributed by atoms with van der Waals surface area (Å²) in [5.74, 6) is 0.305. The van der Waals surface area contributed by atoms with Crippen molar-refractivity contribution in [1.29, 1.82) is 0 Å². The molecule has 0 spiro atoms. The van der Waals surface area contributed by atoms with Crippen molar-refractivity contribution >= 4 is 31.9 Å². The maximum atomic E-state index is 9.67. The normalized spacial score (nSPS) is 10.0. The standard InChI is InChI=1S/C12H9BrO.C12H9Br/c13-11-7-3-1-5-9(11)10-6-2-4-8-12(10)14;13-12-9-5-4-8-11(12)10-6-2-1-3-7-10/h1-8,14H;1-9H. The fraction of sp³-hybridized carbons (Fsp3) is 0. The van der Waals surface area contributed by atoms with E-state index in [1.807, 2.05) is 60.7 Å². The van der Waals surface area contributed by atoms with E-state index in [9.17, 15) is 5.11 Å². The largest absolute Gasteiger partial charge is 0.507 e. The Bertz CT molecular complexity index is 970. The fourth-order valence-corrected chi connectivity index (χ4v) is 3.71. The summed E-state index contributed by atoms with van der Waals surface area (Å²) in [5.41, 5.74) is 4.34. The van der Waals surface area contributed by atoms with Gasteiger partial charge in [0.15, 0.2) is 0 Å². The topological polar surface area (TPSA) is 20.2 Å². The van der Waals surface area contributed by atoms with Gasteiger partial charge in [0.2, 0.25) is 0 Å². The lowest BCUT2D eigenvalue weighted by Gasteiger charge is -2.05. The summed E-state index contributed by atoms with van der Waals surface area (Å²) in [7, 11) is 0. The molecule has 0 aliphatic heterocycles. The lowest BCUT2D eigenvalue weighted by molar-refractivity contribution is 0.477. The second-order valence-corrected chi connectivity index (χ2v) is 7.55. The van der Waals surface area contributed by atoms with E-state index in [2.05, 4.69) is 68.3 Å². The first kappa shape index (κ1) is 19.4. The minimum absolute atomic E-state index is 0.305. The van der Waals surface area contributed by atoms with Crippen LogP contribution in [0.1, 0.15) is 0 Å². The van der Waals surface area contributed by atoms with Crippen LogP contribution in [-0.4, -0.2) is 5.11 Å². The average Bonchev–Trinajstić information content (AvgIpc) is 2.71. The van der Waals surface area contributed by atoms with Crippen molar-refractivity contribution < 1.29 is 5.11 Å². The third-order valence-electron chi connectivity index (χ3n) is 4.03. The first-order valence-corrected chi connectivity index (χ1v) is 10.1. The molecule has 134 valence electrons. The molecule has 0 radical (unpaired) electrons. The highest BCUT2D eigenvalue weighted by Crippen LogP contribution is 2.33. The maximum Gasteiger partial charge on any atom is 0.123 e. The van der Waals surface area contributed by atoms with Gasteiger partial charge in [0.05, 0.1) is 0 Å². The van der Waals surface area contributed by atoms with Crippen molar-refractivity contribution in [3.05, 3.63) is 112 Å². The molecule has 0 atom stereocenters. The molecule has 4 rings (SSSR count). The van der Waals surface area contributed by atoms with Gasteiger partial charge in [-0.25, -0.2) is 0 Å². The van der Waals surface area contributed by atoms with Crippen LogP contribution in [0.4, 0.5) is 0 Å². The van der Waals surface area contributed by atoms with Crippen LogP contribution in [0, 0.1) is 0 Å². The molecule has 3 heteroatoms. The minimum atomic E-state index is 0.305. The summed E-state index contributed by atoms with van der Waals surface area (Å²) in [6, 6.07) is 33.7. The Kier molecular flexibility index (Phi) is 6.86. The van der Waals surface area contributed by atoms with Gasteiger partial charge in [0, 0.05) is 14.5 Å². The average molecular weight is 482 g/mol. The van der Waals surface area contributed by atoms with Gasteiger partial charge >= 0.3 is 0 Å². The van der Waals surface area contributed by atoms with E-state index in [0.29, 0.717) is 5.75 Å². The minimum Gasteiger partial charge on any atom is -0.507 e. The van der Waals surface area contributed by atoms with Crippen LogP contribution in [0.2, 0.25) is 0 Å². The molecule has 4 aromatic rings. The van der Waals surface area contributed by atoms with Crippen molar-refractivity contribution in [2.24, 2.45) is 0 Å². The molecule has 27 heavy (non-hydrogen) atoms. The van der Waals surface area contributed by atoms with Gasteiger partial charge in [-0.3, -0.25) is 0 Å². The molecule has 0 fully saturated rings. The van der Waals surface area contributed by atoms with Crippen LogP contribution < -0.4 is 0 Å². The van der Waals surface area contributed by atoms with Crippen molar-refractivity contribution in [3.63, 3.8) is 0 Å². The Morgan fingerprint density at radius 3 is 1.44 bits per heavy atom. The number of phenols is 1. The maximum absolute atomic E-state index is 9.67. The molecule has 1 nitrogen and oxygen atoms in total. The lowest BCUT2D eigenvalue weighted by atomic mass is 10.1. The highest BCUT2D eigenvalue weighted by atomic mass is 79.9. The summed E-state index contributed by atoms with van der Waals surface area (Å²) in [5, 5.41) is 9.67. The first-order valence-electron chi connectivity index (χ1n) is 8.49. The lowest BCUT2D eigenvalue weighted by Crippen LogP contribution is -1.79. The Balaban J connectivity index is 0.000000156. The monoisotopic (exact) mass is 480 g/mol. The Morgan fingerprint density at radius 2 is 0.889 bits per heavy atom. The predicted octanol–water partition coefficient (Wildman–Crippen LogP) is 7.94. The molecule has 0 aliphatic rings. The highest BCUT2D eigenvalue weighted by molar-refractivity contribution is 9.11. The molecule has 0 heterocycles. The van der Waals surface area contributed by atoms with E-state index in [0.717, 1.165) is 20.1 Å². The summed E-state index contributed by atoms with van der Waals surface area (Å²) in [6.45, 7) is 0. The molecular weight excluding hydrogens is 464 g/mol. The van der Waals surface area contributed by atoms with Crippen LogP contribution in [0.5, 0.6) is 5.75 Å². The van der Waals surface area contributed by atoms with Crippen molar-refractivity contribution in [2.75, 3.05) is 0 Å². The van der Waals surface area contributed by atoms with Gasteiger partial charge in [0.1, 0.15) is 5.75 Å². The molecule has 0 aliphatic carbocycles. The molecule has 0 aromatic heterocycles. The molecular formula is C24H18Br2O. The Morgan fingerprint density at radius 1 is 0.444 bits per heavy atom. The van der Waals surface area contributed by atoms with E-state index < -0.39 is 0 Å². The predicted molar refractivity (Wildman–Crippen MR) is 121 cm³/mol. The Labute approximate surface area is 176 Å². The number of benzene rings is 4. The van der Waals surface area contributed by atoms with Gasteiger partial charge in [-0.2, -0.15) is 0 Å². The van der Waals surface area contributed by atoms with Crippen LogP contribution in [0.15, 0.2) is 112 Å². The van der Waals surface area contributed by atoms with E-state index in [1.165, 1.54) is 11.1 Å². The fourth-order valence-electron chi connectivity index (χ4n) is 2.69. The van der Waals surface area contributed by atoms with Crippen molar-refractivity contribution in [1.82, 2.24) is 0 Å². The van der Waals surface area contributed by atoms with E-state index >= 15 is 0 Å². The van der Waals surface area contributed by atoms with E-state index in [1.54, 1.807) is 6.07 Å². The number of hydrogen-bond donors (Lipinski definition) is 1. The van der Waals surface area contributed by atoms with Gasteiger partial charge in [-0.1, -0.05) is 117 Å². The van der Waals surface area contributed by atoms with Gasteiger partial charge in [-0.15, -0.1) is 0 Å². The number of halogens is 2. The number of phenolic OH excluding ortho intramolecular Hbond substituents is 1. The highest BCUT2D eigenvalue weighted by Gasteiger charge is 2.05. The molecule has 0 saturated heterocycles. The van der Waals surface area contributed by atoms with Gasteiger partial charge in [-0.05, 0) is 34.9 Å². The quantitative estimate of drug-likeness (QED) is 0.308. The Hall–Kier alpha value is -2.36. The van der Waals surface area contributed by atoms with Crippen LogP contribution >= 0.6 is 31.9 Å². The number of para-hydroxylation sites is 1. The third kappa shape index (κ3) is 5.09. The molecule has 0 amide bonds. The van der Waals surface area contributed by atoms with Crippen molar-refractivity contribution in [3.8, 4) is 28.0 Å². The third-order valence-corrected chi connectivity index (χ3v) is 5.41. The first-order chi connectivity index (χ1) is 13.2. The molecule has 0 saturated carbocycles. The summed E-state index contributed by atoms with van der Waals surface area (Å²) < 4.78 is 2.13. The number of aromatic hydroxyl groups is 1. The molecule has 1 N–H and O–H groups in total. The number of hydrogen-bond acceptors (Lipinski definition) is 1. The van der Waals surface area contributed by atoms with Crippen LogP contribution in [0.25, 0.3) is 22.3 Å². The van der Waals surface area contributed by atoms with Crippen molar-refractivity contribution in [2.45, 2.75) is 0 Å². The smallest absolute Gasteiger partial charge is 0.123 e. The van der Waals surface area contributed by atoms with Crippen LogP contribution in [0.3, 0.4) is 0 Å². The summed E-state index contributed by atoms with van der Waals surface area (Å²) in [4.78, 5) is 0.